The summed E-state index contributed by atoms with van der Waals surface area (Å²) in [5.74, 6) is -0.524. The molecule has 42 heavy (non-hydrogen) atoms. The molecule has 0 saturated heterocycles. The normalized spacial score (nSPS) is 18.5. The lowest BCUT2D eigenvalue weighted by Gasteiger charge is -2.27. The minimum Gasteiger partial charge on any atom is -0.497 e. The number of amides is 1. The van der Waals surface area contributed by atoms with E-state index in [4.69, 9.17) is 19.2 Å². The fourth-order valence-electron chi connectivity index (χ4n) is 5.16. The molecule has 0 saturated carbocycles. The number of rotatable bonds is 9. The Morgan fingerprint density at radius 2 is 1.83 bits per heavy atom. The van der Waals surface area contributed by atoms with E-state index >= 15 is 0 Å². The lowest BCUT2D eigenvalue weighted by molar-refractivity contribution is -0.139. The number of ether oxygens (including phenoxy) is 3. The van der Waals surface area contributed by atoms with E-state index < -0.39 is 17.9 Å². The maximum absolute atomic E-state index is 14.2. The van der Waals surface area contributed by atoms with E-state index in [0.29, 0.717) is 49.9 Å². The van der Waals surface area contributed by atoms with Crippen molar-refractivity contribution in [1.29, 1.82) is 0 Å². The predicted molar refractivity (Wildman–Crippen MR) is 161 cm³/mol. The van der Waals surface area contributed by atoms with E-state index in [1.807, 2.05) is 25.1 Å². The summed E-state index contributed by atoms with van der Waals surface area (Å²) in [6, 6.07) is 13.5. The number of thiazole rings is 1. The van der Waals surface area contributed by atoms with E-state index in [1.165, 1.54) is 28.0 Å². The first-order valence-electron chi connectivity index (χ1n) is 13.7. The second-order valence-electron chi connectivity index (χ2n) is 9.75. The van der Waals surface area contributed by atoms with Crippen LogP contribution < -0.4 is 29.4 Å². The molecule has 1 aromatic heterocycles. The highest BCUT2D eigenvalue weighted by Crippen LogP contribution is 2.38. The zero-order valence-electron chi connectivity index (χ0n) is 24.1. The van der Waals surface area contributed by atoms with Gasteiger partial charge in [-0.3, -0.25) is 14.2 Å². The van der Waals surface area contributed by atoms with E-state index in [1.54, 1.807) is 57.4 Å². The van der Waals surface area contributed by atoms with Crippen LogP contribution in [0.25, 0.3) is 6.08 Å². The number of hydrogen-bond acceptors (Lipinski definition) is 9. The molecule has 2 atom stereocenters. The first-order valence-corrected chi connectivity index (χ1v) is 14.5. The first kappa shape index (κ1) is 29.0. The molecule has 0 fully saturated rings. The third-order valence-corrected chi connectivity index (χ3v) is 8.13. The van der Waals surface area contributed by atoms with Gasteiger partial charge < -0.3 is 14.2 Å². The largest absolute Gasteiger partial charge is 0.497 e. The number of hydrogen-bond donors (Lipinski definition) is 0. The van der Waals surface area contributed by atoms with Crippen molar-refractivity contribution < 1.29 is 23.8 Å². The molecule has 0 N–H and O–H groups in total. The molecular formula is C31H32N4O6S. The number of nitrogens with zero attached hydrogens (tertiary/aromatic N) is 4. The van der Waals surface area contributed by atoms with Gasteiger partial charge >= 0.3 is 5.97 Å². The standard InChI is InChI=1S/C31H32N4O6S/c1-6-11-23-26(30(38)41-7-2)27(22-16-20(39-4)14-15-24(22)40-5)34-29(37)25(42-31(34)32-23)17-21-18(3)33-35(28(21)36)19-12-9-8-10-13-19/h8-10,12-17,21,27H,6-7,11H2,1-5H3/b25-17-/t21-,27-/m0/s1. The topological polar surface area (TPSA) is 112 Å². The summed E-state index contributed by atoms with van der Waals surface area (Å²) in [4.78, 5) is 46.3. The second-order valence-corrected chi connectivity index (χ2v) is 10.8. The van der Waals surface area contributed by atoms with Crippen LogP contribution in [0.15, 0.2) is 74.7 Å². The number of carbonyl (C=O) groups is 2. The molecule has 0 bridgehead atoms. The van der Waals surface area contributed by atoms with Gasteiger partial charge in [0.2, 0.25) is 0 Å². The average Bonchev–Trinajstić information content (AvgIpc) is 3.46. The lowest BCUT2D eigenvalue weighted by Crippen LogP contribution is -2.40. The molecule has 5 rings (SSSR count). The van der Waals surface area contributed by atoms with Crippen LogP contribution in [0.1, 0.15) is 45.2 Å². The van der Waals surface area contributed by atoms with Crippen molar-refractivity contribution in [3.05, 3.63) is 85.1 Å². The van der Waals surface area contributed by atoms with E-state index in [2.05, 4.69) is 5.10 Å². The SMILES string of the molecule is CCCC1=C(C(=O)OCC)[C@H](c2cc(OC)ccc2OC)n2c(s/c(=C\[C@@H]3C(=O)N(c4ccccc4)N=C3C)c2=O)=N1. The van der Waals surface area contributed by atoms with Crippen molar-refractivity contribution in [2.24, 2.45) is 16.0 Å². The highest BCUT2D eigenvalue weighted by molar-refractivity contribution is 7.07. The number of aromatic nitrogens is 1. The maximum atomic E-state index is 14.2. The zero-order chi connectivity index (χ0) is 30.0. The van der Waals surface area contributed by atoms with Gasteiger partial charge in [0.25, 0.3) is 11.5 Å². The average molecular weight is 589 g/mol. The Kier molecular flexibility index (Phi) is 8.39. The Labute approximate surface area is 246 Å². The minimum atomic E-state index is -0.885. The smallest absolute Gasteiger partial charge is 0.338 e. The lowest BCUT2D eigenvalue weighted by atomic mass is 9.93. The molecule has 1 amide bonds. The van der Waals surface area contributed by atoms with Gasteiger partial charge in [-0.1, -0.05) is 42.9 Å². The van der Waals surface area contributed by atoms with Crippen molar-refractivity contribution in [2.45, 2.75) is 39.7 Å². The Morgan fingerprint density at radius 3 is 2.50 bits per heavy atom. The van der Waals surface area contributed by atoms with E-state index in [0.717, 1.165) is 6.42 Å². The Balaban J connectivity index is 1.72. The van der Waals surface area contributed by atoms with Gasteiger partial charge in [-0.2, -0.15) is 10.1 Å². The summed E-state index contributed by atoms with van der Waals surface area (Å²) in [6.07, 6.45) is 2.86. The van der Waals surface area contributed by atoms with Gasteiger partial charge in [-0.15, -0.1) is 0 Å². The number of para-hydroxylation sites is 1. The molecule has 11 heteroatoms. The predicted octanol–water partition coefficient (Wildman–Crippen LogP) is 3.59. The van der Waals surface area contributed by atoms with Gasteiger partial charge in [0, 0.05) is 5.56 Å². The highest BCUT2D eigenvalue weighted by atomic mass is 32.1. The van der Waals surface area contributed by atoms with E-state index in [9.17, 15) is 14.4 Å². The molecule has 218 valence electrons. The summed E-state index contributed by atoms with van der Waals surface area (Å²) >= 11 is 1.17. The van der Waals surface area contributed by atoms with Crippen LogP contribution in [-0.2, 0) is 14.3 Å². The number of fused-ring (bicyclic) bond motifs is 1. The number of benzene rings is 2. The van der Waals surface area contributed by atoms with Crippen molar-refractivity contribution in [3.8, 4) is 11.5 Å². The van der Waals surface area contributed by atoms with Gasteiger partial charge in [-0.25, -0.2) is 9.79 Å². The monoisotopic (exact) mass is 588 g/mol. The Morgan fingerprint density at radius 1 is 1.07 bits per heavy atom. The molecule has 0 radical (unpaired) electrons. The van der Waals surface area contributed by atoms with Crippen molar-refractivity contribution >= 4 is 40.7 Å². The number of anilines is 1. The second kappa shape index (κ2) is 12.2. The highest BCUT2D eigenvalue weighted by Gasteiger charge is 2.37. The molecule has 0 unspecified atom stereocenters. The zero-order valence-corrected chi connectivity index (χ0v) is 24.9. The maximum Gasteiger partial charge on any atom is 0.338 e. The number of hydrazone groups is 1. The van der Waals surface area contributed by atoms with Crippen molar-refractivity contribution in [1.82, 2.24) is 4.57 Å². The molecule has 2 aromatic carbocycles. The van der Waals surface area contributed by atoms with Crippen LogP contribution in [0.3, 0.4) is 0 Å². The summed E-state index contributed by atoms with van der Waals surface area (Å²) in [5.41, 5.74) is 2.20. The van der Waals surface area contributed by atoms with Gasteiger partial charge in [-0.05, 0) is 56.7 Å². The summed E-state index contributed by atoms with van der Waals surface area (Å²) in [5, 5.41) is 5.82. The molecule has 0 spiro atoms. The van der Waals surface area contributed by atoms with Gasteiger partial charge in [0.05, 0.1) is 48.0 Å². The van der Waals surface area contributed by atoms with Crippen LogP contribution in [0.5, 0.6) is 11.5 Å². The first-order chi connectivity index (χ1) is 20.3. The van der Waals surface area contributed by atoms with Crippen LogP contribution >= 0.6 is 11.3 Å². The molecule has 3 aromatic rings. The van der Waals surface area contributed by atoms with Crippen LogP contribution in [-0.4, -0.2) is 43.0 Å². The van der Waals surface area contributed by atoms with Gasteiger partial charge in [0.1, 0.15) is 23.5 Å². The number of esters is 1. The van der Waals surface area contributed by atoms with Crippen LogP contribution in [0.2, 0.25) is 0 Å². The summed E-state index contributed by atoms with van der Waals surface area (Å²) in [6.45, 7) is 5.65. The molecular weight excluding hydrogens is 556 g/mol. The minimum absolute atomic E-state index is 0.161. The third-order valence-electron chi connectivity index (χ3n) is 7.13. The third kappa shape index (κ3) is 5.16. The summed E-state index contributed by atoms with van der Waals surface area (Å²) in [7, 11) is 3.07. The fourth-order valence-corrected chi connectivity index (χ4v) is 6.19. The number of carbonyl (C=O) groups excluding carboxylic acids is 2. The van der Waals surface area contributed by atoms with Crippen molar-refractivity contribution in [3.63, 3.8) is 0 Å². The molecule has 2 aliphatic heterocycles. The molecule has 3 heterocycles. The van der Waals surface area contributed by atoms with Crippen LogP contribution in [0.4, 0.5) is 5.69 Å². The number of allylic oxidation sites excluding steroid dienone is 1. The molecule has 2 aliphatic rings. The Hall–Kier alpha value is -4.51. The van der Waals surface area contributed by atoms with E-state index in [-0.39, 0.29) is 23.6 Å². The Bertz CT molecular complexity index is 1770. The van der Waals surface area contributed by atoms with Crippen molar-refractivity contribution in [2.75, 3.05) is 25.8 Å². The quantitative estimate of drug-likeness (QED) is 0.353. The summed E-state index contributed by atoms with van der Waals surface area (Å²) < 4.78 is 18.5. The number of methoxy groups -OCH3 is 2. The molecule has 10 nitrogen and oxygen atoms in total. The molecule has 0 aliphatic carbocycles. The van der Waals surface area contributed by atoms with Crippen LogP contribution in [0, 0.1) is 5.92 Å². The van der Waals surface area contributed by atoms with Gasteiger partial charge in [0.15, 0.2) is 4.80 Å². The fraction of sp³-hybridized carbons (Fsp3) is 0.323.